The molecule has 1 amide bonds. The molecule has 0 unspecified atom stereocenters. The quantitative estimate of drug-likeness (QED) is 0.843. The van der Waals surface area contributed by atoms with Gasteiger partial charge in [0, 0.05) is 6.54 Å². The lowest BCUT2D eigenvalue weighted by atomic mass is 10.3. The van der Waals surface area contributed by atoms with Gasteiger partial charge in [0.1, 0.15) is 23.9 Å². The number of para-hydroxylation sites is 1. The van der Waals surface area contributed by atoms with Crippen LogP contribution >= 0.6 is 0 Å². The minimum Gasteiger partial charge on any atom is -0.492 e. The molecule has 0 saturated heterocycles. The third-order valence-corrected chi connectivity index (χ3v) is 3.08. The van der Waals surface area contributed by atoms with Crippen molar-refractivity contribution in [2.24, 2.45) is 0 Å². The first kappa shape index (κ1) is 15.7. The van der Waals surface area contributed by atoms with Crippen molar-refractivity contribution in [3.63, 3.8) is 0 Å². The normalized spacial score (nSPS) is 10.0. The van der Waals surface area contributed by atoms with Crippen molar-refractivity contribution in [2.75, 3.05) is 19.7 Å². The molecule has 0 spiro atoms. The molecule has 0 aliphatic rings. The number of likely N-dealkylation sites (N-methyl/N-ethyl adjacent to an activating group) is 1. The van der Waals surface area contributed by atoms with E-state index in [-0.39, 0.29) is 0 Å². The maximum Gasteiger partial charge on any atom is 0.407 e. The minimum absolute atomic E-state index is 0.318. The van der Waals surface area contributed by atoms with Crippen molar-refractivity contribution in [1.29, 1.82) is 0 Å². The highest BCUT2D eigenvalue weighted by Gasteiger charge is 2.08. The van der Waals surface area contributed by atoms with E-state index in [0.29, 0.717) is 25.4 Å². The number of benzene rings is 2. The molecule has 2 aromatic rings. The lowest BCUT2D eigenvalue weighted by molar-refractivity contribution is 0.138. The van der Waals surface area contributed by atoms with Gasteiger partial charge in [0.05, 0.1) is 6.54 Å². The Morgan fingerprint density at radius 3 is 2.18 bits per heavy atom. The number of carbonyl (C=O) groups is 1. The molecular formula is C17H19NO4. The van der Waals surface area contributed by atoms with Gasteiger partial charge in [0.15, 0.2) is 0 Å². The molecule has 2 aromatic carbocycles. The summed E-state index contributed by atoms with van der Waals surface area (Å²) in [5.74, 6) is 2.18. The second-order valence-corrected chi connectivity index (χ2v) is 4.60. The van der Waals surface area contributed by atoms with Crippen LogP contribution in [-0.4, -0.2) is 35.8 Å². The van der Waals surface area contributed by atoms with Gasteiger partial charge in [0.25, 0.3) is 0 Å². The highest BCUT2D eigenvalue weighted by Crippen LogP contribution is 2.23. The Hall–Kier alpha value is -2.69. The molecule has 2 rings (SSSR count). The van der Waals surface area contributed by atoms with E-state index in [1.807, 2.05) is 42.5 Å². The van der Waals surface area contributed by atoms with Crippen LogP contribution in [0.25, 0.3) is 0 Å². The predicted molar refractivity (Wildman–Crippen MR) is 83.7 cm³/mol. The molecule has 0 aliphatic carbocycles. The molecule has 5 nitrogen and oxygen atoms in total. The van der Waals surface area contributed by atoms with Crippen LogP contribution in [0, 0.1) is 0 Å². The summed E-state index contributed by atoms with van der Waals surface area (Å²) in [6.45, 7) is 2.90. The first-order chi connectivity index (χ1) is 10.7. The smallest absolute Gasteiger partial charge is 0.407 e. The average Bonchev–Trinajstić information content (AvgIpc) is 2.54. The van der Waals surface area contributed by atoms with E-state index in [0.717, 1.165) is 11.5 Å². The summed E-state index contributed by atoms with van der Waals surface area (Å²) >= 11 is 0. The fourth-order valence-electron chi connectivity index (χ4n) is 1.89. The van der Waals surface area contributed by atoms with Gasteiger partial charge in [-0.05, 0) is 43.3 Å². The third kappa shape index (κ3) is 4.70. The van der Waals surface area contributed by atoms with E-state index in [1.165, 1.54) is 4.90 Å². The molecule has 0 bridgehead atoms. The van der Waals surface area contributed by atoms with Crippen LogP contribution in [0.5, 0.6) is 17.2 Å². The number of hydrogen-bond donors (Lipinski definition) is 1. The fraction of sp³-hybridized carbons (Fsp3) is 0.235. The second-order valence-electron chi connectivity index (χ2n) is 4.60. The van der Waals surface area contributed by atoms with Gasteiger partial charge in [-0.1, -0.05) is 18.2 Å². The number of hydrogen-bond acceptors (Lipinski definition) is 3. The second kappa shape index (κ2) is 7.93. The summed E-state index contributed by atoms with van der Waals surface area (Å²) in [6, 6.07) is 16.8. The molecular weight excluding hydrogens is 282 g/mol. The maximum atomic E-state index is 10.8. The lowest BCUT2D eigenvalue weighted by Crippen LogP contribution is -2.33. The highest BCUT2D eigenvalue weighted by atomic mass is 16.5. The number of amides is 1. The van der Waals surface area contributed by atoms with Crippen LogP contribution < -0.4 is 9.47 Å². The molecule has 0 aromatic heterocycles. The van der Waals surface area contributed by atoms with E-state index in [4.69, 9.17) is 14.6 Å². The minimum atomic E-state index is -0.933. The number of rotatable bonds is 7. The summed E-state index contributed by atoms with van der Waals surface area (Å²) in [4.78, 5) is 12.1. The molecule has 116 valence electrons. The largest absolute Gasteiger partial charge is 0.492 e. The lowest BCUT2D eigenvalue weighted by Gasteiger charge is -2.17. The molecule has 22 heavy (non-hydrogen) atoms. The molecule has 0 atom stereocenters. The molecule has 5 heteroatoms. The van der Waals surface area contributed by atoms with Crippen molar-refractivity contribution in [3.05, 3.63) is 54.6 Å². The van der Waals surface area contributed by atoms with Crippen LogP contribution in [0.2, 0.25) is 0 Å². The van der Waals surface area contributed by atoms with E-state index in [9.17, 15) is 4.79 Å². The van der Waals surface area contributed by atoms with Gasteiger partial charge >= 0.3 is 6.09 Å². The van der Waals surface area contributed by atoms with Gasteiger partial charge in [0.2, 0.25) is 0 Å². The molecule has 0 aliphatic heterocycles. The molecule has 0 radical (unpaired) electrons. The zero-order valence-electron chi connectivity index (χ0n) is 12.4. The average molecular weight is 301 g/mol. The Morgan fingerprint density at radius 2 is 1.59 bits per heavy atom. The summed E-state index contributed by atoms with van der Waals surface area (Å²) in [6.07, 6.45) is -0.933. The zero-order chi connectivity index (χ0) is 15.8. The number of nitrogens with zero attached hydrogens (tertiary/aromatic N) is 1. The topological polar surface area (TPSA) is 59.0 Å². The van der Waals surface area contributed by atoms with Gasteiger partial charge < -0.3 is 19.5 Å². The van der Waals surface area contributed by atoms with Crippen LogP contribution in [0.15, 0.2) is 54.6 Å². The summed E-state index contributed by atoms with van der Waals surface area (Å²) in [7, 11) is 0. The van der Waals surface area contributed by atoms with E-state index in [2.05, 4.69) is 0 Å². The van der Waals surface area contributed by atoms with Gasteiger partial charge in [-0.15, -0.1) is 0 Å². The van der Waals surface area contributed by atoms with Crippen molar-refractivity contribution in [2.45, 2.75) is 6.92 Å². The van der Waals surface area contributed by atoms with Gasteiger partial charge in [-0.2, -0.15) is 0 Å². The highest BCUT2D eigenvalue weighted by molar-refractivity contribution is 5.64. The van der Waals surface area contributed by atoms with Crippen LogP contribution in [0.1, 0.15) is 6.92 Å². The SMILES string of the molecule is CCN(CCOc1ccc(Oc2ccccc2)cc1)C(=O)O. The summed E-state index contributed by atoms with van der Waals surface area (Å²) < 4.78 is 11.2. The monoisotopic (exact) mass is 301 g/mol. The molecule has 1 N–H and O–H groups in total. The fourth-order valence-corrected chi connectivity index (χ4v) is 1.89. The van der Waals surface area contributed by atoms with Gasteiger partial charge in [-0.3, -0.25) is 0 Å². The predicted octanol–water partition coefficient (Wildman–Crippen LogP) is 3.86. The Kier molecular flexibility index (Phi) is 5.65. The summed E-state index contributed by atoms with van der Waals surface area (Å²) in [5, 5.41) is 8.90. The van der Waals surface area contributed by atoms with Crippen molar-refractivity contribution in [1.82, 2.24) is 4.90 Å². The zero-order valence-corrected chi connectivity index (χ0v) is 12.4. The first-order valence-corrected chi connectivity index (χ1v) is 7.12. The Morgan fingerprint density at radius 1 is 1.00 bits per heavy atom. The maximum absolute atomic E-state index is 10.8. The Labute approximate surface area is 129 Å². The third-order valence-electron chi connectivity index (χ3n) is 3.08. The number of carboxylic acid groups (broad SMARTS) is 1. The molecule has 0 heterocycles. The van der Waals surface area contributed by atoms with Crippen molar-refractivity contribution < 1.29 is 19.4 Å². The van der Waals surface area contributed by atoms with Gasteiger partial charge in [-0.25, -0.2) is 4.79 Å². The van der Waals surface area contributed by atoms with E-state index in [1.54, 1.807) is 19.1 Å². The van der Waals surface area contributed by atoms with Crippen LogP contribution in [0.4, 0.5) is 4.79 Å². The van der Waals surface area contributed by atoms with Crippen molar-refractivity contribution >= 4 is 6.09 Å². The van der Waals surface area contributed by atoms with Crippen molar-refractivity contribution in [3.8, 4) is 17.2 Å². The Balaban J connectivity index is 1.83. The molecule has 0 fully saturated rings. The summed E-state index contributed by atoms with van der Waals surface area (Å²) in [5.41, 5.74) is 0. The first-order valence-electron chi connectivity index (χ1n) is 7.12. The van der Waals surface area contributed by atoms with Crippen LogP contribution in [-0.2, 0) is 0 Å². The number of ether oxygens (including phenoxy) is 2. The Bertz CT molecular complexity index is 583. The van der Waals surface area contributed by atoms with E-state index >= 15 is 0 Å². The van der Waals surface area contributed by atoms with E-state index < -0.39 is 6.09 Å². The standard InChI is InChI=1S/C17H19NO4/c1-2-18(17(19)20)12-13-21-14-8-10-16(11-9-14)22-15-6-4-3-5-7-15/h3-11H,2,12-13H2,1H3,(H,19,20). The van der Waals surface area contributed by atoms with Crippen LogP contribution in [0.3, 0.4) is 0 Å². The molecule has 0 saturated carbocycles.